The molecule has 3 unspecified atom stereocenters. The number of hydrogen-bond acceptors (Lipinski definition) is 2. The smallest absolute Gasteiger partial charge is 0.142 e. The Hall–Kier alpha value is -0.350. The Morgan fingerprint density at radius 2 is 2.15 bits per heavy atom. The topological polar surface area (TPSA) is 21.3 Å². The first kappa shape index (κ1) is 16.0. The van der Waals surface area contributed by atoms with Gasteiger partial charge >= 0.3 is 0 Å². The van der Waals surface area contributed by atoms with Crippen LogP contribution in [0.1, 0.15) is 38.3 Å². The predicted molar refractivity (Wildman–Crippen MR) is 81.0 cm³/mol. The fourth-order valence-electron chi connectivity index (χ4n) is 2.69. The van der Waals surface area contributed by atoms with E-state index >= 15 is 0 Å². The highest BCUT2D eigenvalue weighted by atomic mass is 35.5. The van der Waals surface area contributed by atoms with Crippen molar-refractivity contribution in [2.75, 3.05) is 13.2 Å². The van der Waals surface area contributed by atoms with Gasteiger partial charge in [0.1, 0.15) is 5.82 Å². The molecule has 20 heavy (non-hydrogen) atoms. The normalized spacial score (nSPS) is 24.1. The van der Waals surface area contributed by atoms with E-state index in [2.05, 4.69) is 12.2 Å². The average Bonchev–Trinajstić information content (AvgIpc) is 2.87. The summed E-state index contributed by atoms with van der Waals surface area (Å²) in [6, 6.07) is 2.84. The maximum atomic E-state index is 13.5. The monoisotopic (exact) mass is 319 g/mol. The highest BCUT2D eigenvalue weighted by molar-refractivity contribution is 6.35. The lowest BCUT2D eigenvalue weighted by Crippen LogP contribution is -2.30. The average molecular weight is 320 g/mol. The van der Waals surface area contributed by atoms with Crippen molar-refractivity contribution >= 4 is 23.2 Å². The number of hydrogen-bond donors (Lipinski definition) is 1. The van der Waals surface area contributed by atoms with Crippen molar-refractivity contribution in [3.05, 3.63) is 33.6 Å². The number of ether oxygens (including phenoxy) is 1. The molecule has 0 bridgehead atoms. The van der Waals surface area contributed by atoms with Gasteiger partial charge in [-0.05, 0) is 43.4 Å². The second kappa shape index (κ2) is 7.08. The molecule has 0 amide bonds. The van der Waals surface area contributed by atoms with Crippen LogP contribution in [0.4, 0.5) is 4.39 Å². The van der Waals surface area contributed by atoms with Gasteiger partial charge in [0.15, 0.2) is 0 Å². The third-order valence-corrected chi connectivity index (χ3v) is 4.56. The van der Waals surface area contributed by atoms with Gasteiger partial charge in [-0.15, -0.1) is 0 Å². The molecule has 1 N–H and O–H groups in total. The summed E-state index contributed by atoms with van der Waals surface area (Å²) >= 11 is 11.8. The lowest BCUT2D eigenvalue weighted by Gasteiger charge is -2.21. The molecular formula is C15H20Cl2FNO. The predicted octanol–water partition coefficient (Wildman–Crippen LogP) is 4.60. The number of halogens is 3. The maximum Gasteiger partial charge on any atom is 0.142 e. The summed E-state index contributed by atoms with van der Waals surface area (Å²) in [7, 11) is 0. The number of nitrogens with one attached hydrogen (secondary N) is 1. The van der Waals surface area contributed by atoms with E-state index in [9.17, 15) is 4.39 Å². The molecule has 1 aliphatic heterocycles. The third-order valence-electron chi connectivity index (χ3n) is 3.94. The van der Waals surface area contributed by atoms with Gasteiger partial charge in [0.25, 0.3) is 0 Å². The quantitative estimate of drug-likeness (QED) is 0.801. The largest absolute Gasteiger partial charge is 0.378 e. The molecule has 1 heterocycles. The number of benzene rings is 1. The van der Waals surface area contributed by atoms with Crippen LogP contribution in [0.3, 0.4) is 0 Å². The highest BCUT2D eigenvalue weighted by Gasteiger charge is 2.27. The summed E-state index contributed by atoms with van der Waals surface area (Å²) in [4.78, 5) is 0. The van der Waals surface area contributed by atoms with Crippen molar-refractivity contribution in [3.63, 3.8) is 0 Å². The Morgan fingerprint density at radius 1 is 1.40 bits per heavy atom. The zero-order chi connectivity index (χ0) is 14.7. The maximum absolute atomic E-state index is 13.5. The molecule has 0 saturated carbocycles. The molecule has 1 saturated heterocycles. The van der Waals surface area contributed by atoms with E-state index in [0.29, 0.717) is 17.0 Å². The van der Waals surface area contributed by atoms with E-state index in [1.54, 1.807) is 0 Å². The SMILES string of the molecule is CCC1OCCC1CNC(C)c1cc(F)c(Cl)cc1Cl. The Labute approximate surface area is 129 Å². The minimum atomic E-state index is -0.435. The van der Waals surface area contributed by atoms with Crippen LogP contribution >= 0.6 is 23.2 Å². The lowest BCUT2D eigenvalue weighted by atomic mass is 9.98. The van der Waals surface area contributed by atoms with Crippen molar-refractivity contribution in [2.45, 2.75) is 38.8 Å². The summed E-state index contributed by atoms with van der Waals surface area (Å²) in [6.07, 6.45) is 2.42. The fraction of sp³-hybridized carbons (Fsp3) is 0.600. The highest BCUT2D eigenvalue weighted by Crippen LogP contribution is 2.29. The summed E-state index contributed by atoms with van der Waals surface area (Å²) < 4.78 is 19.2. The minimum Gasteiger partial charge on any atom is -0.378 e. The third kappa shape index (κ3) is 3.64. The molecule has 112 valence electrons. The zero-order valence-electron chi connectivity index (χ0n) is 11.8. The molecular weight excluding hydrogens is 300 g/mol. The van der Waals surface area contributed by atoms with E-state index in [-0.39, 0.29) is 11.1 Å². The lowest BCUT2D eigenvalue weighted by molar-refractivity contribution is 0.0867. The standard InChI is InChI=1S/C15H20Cl2FNO/c1-3-15-10(4-5-20-15)8-19-9(2)11-6-14(18)13(17)7-12(11)16/h6-7,9-10,15,19H,3-5,8H2,1-2H3. The molecule has 1 aromatic carbocycles. The van der Waals surface area contributed by atoms with Crippen molar-refractivity contribution in [1.82, 2.24) is 5.32 Å². The molecule has 2 rings (SSSR count). The van der Waals surface area contributed by atoms with Crippen molar-refractivity contribution in [3.8, 4) is 0 Å². The van der Waals surface area contributed by atoms with Crippen molar-refractivity contribution in [1.29, 1.82) is 0 Å². The summed E-state index contributed by atoms with van der Waals surface area (Å²) in [5.74, 6) is 0.0775. The van der Waals surface area contributed by atoms with E-state index in [1.807, 2.05) is 6.92 Å². The molecule has 2 nitrogen and oxygen atoms in total. The Kier molecular flexibility index (Phi) is 5.67. The van der Waals surface area contributed by atoms with Gasteiger partial charge in [0, 0.05) is 24.2 Å². The molecule has 0 aromatic heterocycles. The summed E-state index contributed by atoms with van der Waals surface area (Å²) in [5, 5.41) is 3.97. The number of rotatable bonds is 5. The van der Waals surface area contributed by atoms with Gasteiger partial charge in [-0.25, -0.2) is 4.39 Å². The van der Waals surface area contributed by atoms with E-state index in [0.717, 1.165) is 31.6 Å². The Bertz CT molecular complexity index is 469. The Morgan fingerprint density at radius 3 is 2.85 bits per heavy atom. The first-order valence-corrected chi connectivity index (χ1v) is 7.78. The van der Waals surface area contributed by atoms with Crippen LogP contribution in [0.15, 0.2) is 12.1 Å². The fourth-order valence-corrected chi connectivity index (χ4v) is 3.23. The van der Waals surface area contributed by atoms with Gasteiger partial charge in [0.2, 0.25) is 0 Å². The van der Waals surface area contributed by atoms with E-state index in [4.69, 9.17) is 27.9 Å². The zero-order valence-corrected chi connectivity index (χ0v) is 13.3. The Balaban J connectivity index is 1.98. The van der Waals surface area contributed by atoms with Crippen molar-refractivity contribution in [2.24, 2.45) is 5.92 Å². The summed E-state index contributed by atoms with van der Waals surface area (Å²) in [5.41, 5.74) is 0.737. The molecule has 3 atom stereocenters. The molecule has 1 aliphatic rings. The van der Waals surface area contributed by atoms with Gasteiger partial charge in [0.05, 0.1) is 11.1 Å². The van der Waals surface area contributed by atoms with Crippen LogP contribution in [-0.2, 0) is 4.74 Å². The van der Waals surface area contributed by atoms with Crippen LogP contribution in [0.2, 0.25) is 10.0 Å². The first-order chi connectivity index (χ1) is 9.52. The second-order valence-corrected chi connectivity index (χ2v) is 6.10. The first-order valence-electron chi connectivity index (χ1n) is 7.02. The van der Waals surface area contributed by atoms with Crippen LogP contribution in [0, 0.1) is 11.7 Å². The van der Waals surface area contributed by atoms with Gasteiger partial charge in [-0.3, -0.25) is 0 Å². The molecule has 0 radical (unpaired) electrons. The van der Waals surface area contributed by atoms with Crippen LogP contribution in [0.5, 0.6) is 0 Å². The molecule has 5 heteroatoms. The molecule has 1 aromatic rings. The molecule has 0 aliphatic carbocycles. The van der Waals surface area contributed by atoms with Crippen LogP contribution in [0.25, 0.3) is 0 Å². The van der Waals surface area contributed by atoms with Gasteiger partial charge in [-0.1, -0.05) is 30.1 Å². The van der Waals surface area contributed by atoms with Crippen LogP contribution in [-0.4, -0.2) is 19.3 Å². The van der Waals surface area contributed by atoms with Crippen LogP contribution < -0.4 is 5.32 Å². The van der Waals surface area contributed by atoms with E-state index in [1.165, 1.54) is 12.1 Å². The minimum absolute atomic E-state index is 0.0210. The van der Waals surface area contributed by atoms with E-state index < -0.39 is 5.82 Å². The summed E-state index contributed by atoms with van der Waals surface area (Å²) in [6.45, 7) is 5.79. The molecule has 1 fully saturated rings. The second-order valence-electron chi connectivity index (χ2n) is 5.28. The molecule has 0 spiro atoms. The van der Waals surface area contributed by atoms with Gasteiger partial charge in [-0.2, -0.15) is 0 Å². The van der Waals surface area contributed by atoms with Gasteiger partial charge < -0.3 is 10.1 Å². The van der Waals surface area contributed by atoms with Crippen molar-refractivity contribution < 1.29 is 9.13 Å².